The molecule has 1 amide bonds. The second kappa shape index (κ2) is 6.73. The Morgan fingerprint density at radius 3 is 2.86 bits per heavy atom. The first kappa shape index (κ1) is 17.4. The van der Waals surface area contributed by atoms with Gasteiger partial charge in [0, 0.05) is 41.8 Å². The summed E-state index contributed by atoms with van der Waals surface area (Å²) < 4.78 is 8.91. The lowest BCUT2D eigenvalue weighted by Gasteiger charge is -2.11. The Balaban J connectivity index is 1.47. The zero-order valence-electron chi connectivity index (χ0n) is 16.2. The van der Waals surface area contributed by atoms with Crippen molar-refractivity contribution in [2.75, 3.05) is 12.4 Å². The summed E-state index contributed by atoms with van der Waals surface area (Å²) in [6, 6.07) is 7.51. The van der Waals surface area contributed by atoms with Gasteiger partial charge in [-0.1, -0.05) is 0 Å². The van der Waals surface area contributed by atoms with E-state index >= 15 is 0 Å². The maximum absolute atomic E-state index is 13.0. The summed E-state index contributed by atoms with van der Waals surface area (Å²) in [5.41, 5.74) is 4.40. The van der Waals surface area contributed by atoms with Crippen molar-refractivity contribution in [1.82, 2.24) is 24.1 Å². The Morgan fingerprint density at radius 1 is 1.28 bits per heavy atom. The number of amides is 1. The minimum atomic E-state index is -0.263. The van der Waals surface area contributed by atoms with Crippen molar-refractivity contribution in [1.29, 1.82) is 0 Å². The normalized spacial score (nSPS) is 13.6. The van der Waals surface area contributed by atoms with Crippen molar-refractivity contribution >= 4 is 17.2 Å². The van der Waals surface area contributed by atoms with E-state index in [1.165, 1.54) is 0 Å². The fraction of sp³-hybridized carbons (Fsp3) is 0.238. The van der Waals surface area contributed by atoms with Gasteiger partial charge in [0.1, 0.15) is 11.3 Å². The number of nitrogens with one attached hydrogen (secondary N) is 1. The number of imidazole rings is 1. The molecule has 3 heterocycles. The van der Waals surface area contributed by atoms with Gasteiger partial charge in [-0.25, -0.2) is 14.5 Å². The van der Waals surface area contributed by atoms with Gasteiger partial charge in [-0.2, -0.15) is 5.10 Å². The number of carbonyl (C=O) groups is 1. The number of fused-ring (bicyclic) bond motifs is 1. The Bertz CT molecular complexity index is 1220. The molecule has 0 unspecified atom stereocenters. The van der Waals surface area contributed by atoms with Crippen LogP contribution in [0.3, 0.4) is 0 Å². The number of hydrogen-bond acceptors (Lipinski definition) is 5. The maximum atomic E-state index is 13.0. The number of carbonyl (C=O) groups excluding carboxylic acids is 1. The van der Waals surface area contributed by atoms with Gasteiger partial charge in [-0.15, -0.1) is 0 Å². The van der Waals surface area contributed by atoms with E-state index in [1.54, 1.807) is 30.2 Å². The number of nitrogens with zero attached hydrogens (tertiary/aromatic N) is 5. The van der Waals surface area contributed by atoms with Crippen LogP contribution >= 0.6 is 0 Å². The molecule has 1 saturated carbocycles. The van der Waals surface area contributed by atoms with Crippen LogP contribution in [0.25, 0.3) is 11.3 Å². The number of anilines is 1. The number of aromatic nitrogens is 5. The van der Waals surface area contributed by atoms with E-state index in [-0.39, 0.29) is 5.91 Å². The van der Waals surface area contributed by atoms with Crippen molar-refractivity contribution in [2.24, 2.45) is 0 Å². The first-order valence-corrected chi connectivity index (χ1v) is 9.46. The predicted molar refractivity (Wildman–Crippen MR) is 108 cm³/mol. The number of benzene rings is 1. The standard InChI is InChI=1S/C21H20N6O2/c1-13-11-26(12-22-13)16-7-15(8-17(9-16)29-2)24-21(28)18-10-23-27-6-5-19(14-3-4-14)25-20(18)27/h5-12,14H,3-4H2,1-2H3,(H,24,28). The number of ether oxygens (including phenoxy) is 1. The molecule has 1 aliphatic rings. The van der Waals surface area contributed by atoms with Gasteiger partial charge in [-0.05, 0) is 31.9 Å². The third-order valence-electron chi connectivity index (χ3n) is 5.03. The molecule has 1 N–H and O–H groups in total. The van der Waals surface area contributed by atoms with E-state index < -0.39 is 0 Å². The van der Waals surface area contributed by atoms with Crippen molar-refractivity contribution < 1.29 is 9.53 Å². The van der Waals surface area contributed by atoms with Crippen LogP contribution in [0.1, 0.15) is 40.5 Å². The van der Waals surface area contributed by atoms with E-state index in [1.807, 2.05) is 42.1 Å². The van der Waals surface area contributed by atoms with Crippen LogP contribution in [-0.4, -0.2) is 37.2 Å². The van der Waals surface area contributed by atoms with Gasteiger partial charge in [0.15, 0.2) is 5.65 Å². The van der Waals surface area contributed by atoms with E-state index in [4.69, 9.17) is 4.74 Å². The van der Waals surface area contributed by atoms with Crippen LogP contribution in [0.5, 0.6) is 5.75 Å². The summed E-state index contributed by atoms with van der Waals surface area (Å²) >= 11 is 0. The van der Waals surface area contributed by atoms with Crippen LogP contribution in [0, 0.1) is 6.92 Å². The molecule has 0 bridgehead atoms. The van der Waals surface area contributed by atoms with Crippen LogP contribution < -0.4 is 10.1 Å². The number of rotatable bonds is 5. The van der Waals surface area contributed by atoms with Crippen molar-refractivity contribution in [3.05, 3.63) is 66.1 Å². The quantitative estimate of drug-likeness (QED) is 0.567. The highest BCUT2D eigenvalue weighted by Crippen LogP contribution is 2.39. The second-order valence-corrected chi connectivity index (χ2v) is 7.25. The largest absolute Gasteiger partial charge is 0.497 e. The SMILES string of the molecule is COc1cc(NC(=O)c2cnn3ccc(C4CC4)nc23)cc(-n2cnc(C)c2)c1. The highest BCUT2D eigenvalue weighted by atomic mass is 16.5. The molecule has 0 aliphatic heterocycles. The first-order chi connectivity index (χ1) is 14.1. The Kier molecular flexibility index (Phi) is 4.04. The van der Waals surface area contributed by atoms with E-state index in [2.05, 4.69) is 20.4 Å². The summed E-state index contributed by atoms with van der Waals surface area (Å²) in [7, 11) is 1.60. The van der Waals surface area contributed by atoms with Crippen LogP contribution in [-0.2, 0) is 0 Å². The summed E-state index contributed by atoms with van der Waals surface area (Å²) in [5, 5.41) is 7.21. The molecule has 8 nitrogen and oxygen atoms in total. The van der Waals surface area contributed by atoms with Gasteiger partial charge in [-0.3, -0.25) is 4.79 Å². The van der Waals surface area contributed by atoms with Gasteiger partial charge >= 0.3 is 0 Å². The Morgan fingerprint density at radius 2 is 2.14 bits per heavy atom. The molecule has 4 aromatic rings. The average Bonchev–Trinajstić information content (AvgIpc) is 3.35. The summed E-state index contributed by atoms with van der Waals surface area (Å²) in [5.74, 6) is 0.880. The van der Waals surface area contributed by atoms with Crippen LogP contribution in [0.2, 0.25) is 0 Å². The van der Waals surface area contributed by atoms with Crippen molar-refractivity contribution in [2.45, 2.75) is 25.7 Å². The molecule has 1 aromatic carbocycles. The minimum Gasteiger partial charge on any atom is -0.497 e. The van der Waals surface area contributed by atoms with Gasteiger partial charge in [0.25, 0.3) is 5.91 Å². The number of methoxy groups -OCH3 is 1. The molecule has 29 heavy (non-hydrogen) atoms. The second-order valence-electron chi connectivity index (χ2n) is 7.25. The Labute approximate surface area is 167 Å². The topological polar surface area (TPSA) is 86.3 Å². The zero-order chi connectivity index (χ0) is 20.0. The van der Waals surface area contributed by atoms with Gasteiger partial charge in [0.2, 0.25) is 0 Å². The van der Waals surface area contributed by atoms with E-state index in [0.29, 0.717) is 28.6 Å². The molecular weight excluding hydrogens is 368 g/mol. The smallest absolute Gasteiger partial charge is 0.261 e. The molecule has 1 aliphatic carbocycles. The molecular formula is C21H20N6O2. The molecule has 8 heteroatoms. The van der Waals surface area contributed by atoms with E-state index in [9.17, 15) is 4.79 Å². The van der Waals surface area contributed by atoms with E-state index in [0.717, 1.165) is 29.9 Å². The summed E-state index contributed by atoms with van der Waals surface area (Å²) in [6.45, 7) is 1.92. The Hall–Kier alpha value is -3.68. The number of hydrogen-bond donors (Lipinski definition) is 1. The summed E-state index contributed by atoms with van der Waals surface area (Å²) in [6.07, 6.45) is 9.35. The molecule has 3 aromatic heterocycles. The molecule has 0 atom stereocenters. The fourth-order valence-corrected chi connectivity index (χ4v) is 3.33. The van der Waals surface area contributed by atoms with Crippen LogP contribution in [0.4, 0.5) is 5.69 Å². The van der Waals surface area contributed by atoms with Crippen molar-refractivity contribution in [3.63, 3.8) is 0 Å². The highest BCUT2D eigenvalue weighted by molar-refractivity contribution is 6.08. The average molecular weight is 388 g/mol. The molecule has 1 fully saturated rings. The molecule has 0 saturated heterocycles. The third kappa shape index (κ3) is 3.33. The minimum absolute atomic E-state index is 0.263. The van der Waals surface area contributed by atoms with Gasteiger partial charge in [0.05, 0.1) is 31.0 Å². The number of aryl methyl sites for hydroxylation is 1. The molecule has 0 radical (unpaired) electrons. The van der Waals surface area contributed by atoms with Crippen molar-refractivity contribution in [3.8, 4) is 11.4 Å². The maximum Gasteiger partial charge on any atom is 0.261 e. The van der Waals surface area contributed by atoms with Crippen LogP contribution in [0.15, 0.2) is 49.2 Å². The van der Waals surface area contributed by atoms with Gasteiger partial charge < -0.3 is 14.6 Å². The third-order valence-corrected chi connectivity index (χ3v) is 5.03. The molecule has 5 rings (SSSR count). The lowest BCUT2D eigenvalue weighted by molar-refractivity contribution is 0.102. The fourth-order valence-electron chi connectivity index (χ4n) is 3.33. The lowest BCUT2D eigenvalue weighted by atomic mass is 10.2. The summed E-state index contributed by atoms with van der Waals surface area (Å²) in [4.78, 5) is 21.9. The lowest BCUT2D eigenvalue weighted by Crippen LogP contribution is -2.12. The molecule has 146 valence electrons. The molecule has 0 spiro atoms. The highest BCUT2D eigenvalue weighted by Gasteiger charge is 2.26. The first-order valence-electron chi connectivity index (χ1n) is 9.46. The predicted octanol–water partition coefficient (Wildman–Crippen LogP) is 3.36. The monoisotopic (exact) mass is 388 g/mol. The zero-order valence-corrected chi connectivity index (χ0v) is 16.2.